The number of amides is 3. The first-order valence-corrected chi connectivity index (χ1v) is 11.8. The van der Waals surface area contributed by atoms with Crippen LogP contribution in [-0.2, 0) is 16.2 Å². The van der Waals surface area contributed by atoms with E-state index in [2.05, 4.69) is 5.32 Å². The number of anilines is 1. The molecule has 1 fully saturated rings. The summed E-state index contributed by atoms with van der Waals surface area (Å²) in [6.07, 6.45) is 1.57. The molecule has 0 atom stereocenters. The van der Waals surface area contributed by atoms with E-state index in [0.29, 0.717) is 22.0 Å². The molecule has 0 spiro atoms. The van der Waals surface area contributed by atoms with Gasteiger partial charge in [-0.1, -0.05) is 48.0 Å². The summed E-state index contributed by atoms with van der Waals surface area (Å²) in [5.41, 5.74) is 2.09. The molecule has 1 saturated heterocycles. The van der Waals surface area contributed by atoms with Crippen LogP contribution >= 0.6 is 23.4 Å². The van der Waals surface area contributed by atoms with Gasteiger partial charge in [-0.25, -0.2) is 4.79 Å². The summed E-state index contributed by atoms with van der Waals surface area (Å²) in [7, 11) is 0. The zero-order valence-electron chi connectivity index (χ0n) is 18.6. The molecule has 0 bridgehead atoms. The highest BCUT2D eigenvalue weighted by Gasteiger charge is 2.36. The summed E-state index contributed by atoms with van der Waals surface area (Å²) in [5.74, 6) is -1.50. The Morgan fingerprint density at radius 2 is 1.69 bits per heavy atom. The van der Waals surface area contributed by atoms with Crippen molar-refractivity contribution in [2.75, 3.05) is 11.9 Å². The van der Waals surface area contributed by atoms with E-state index in [1.807, 2.05) is 0 Å². The van der Waals surface area contributed by atoms with Crippen molar-refractivity contribution in [1.82, 2.24) is 4.90 Å². The van der Waals surface area contributed by atoms with Gasteiger partial charge in [0.05, 0.1) is 21.2 Å². The van der Waals surface area contributed by atoms with Crippen molar-refractivity contribution in [3.8, 4) is 5.75 Å². The van der Waals surface area contributed by atoms with Crippen molar-refractivity contribution >= 4 is 58.1 Å². The number of carboxylic acid groups (broad SMARTS) is 1. The lowest BCUT2D eigenvalue weighted by Crippen LogP contribution is -2.36. The van der Waals surface area contributed by atoms with Crippen LogP contribution in [0.2, 0.25) is 5.02 Å². The van der Waals surface area contributed by atoms with Gasteiger partial charge in [-0.3, -0.25) is 19.3 Å². The molecule has 3 aromatic rings. The first-order valence-electron chi connectivity index (χ1n) is 10.6. The Morgan fingerprint density at radius 1 is 1.00 bits per heavy atom. The molecular formula is C26H19ClN2O6S. The van der Waals surface area contributed by atoms with Gasteiger partial charge in [0.2, 0.25) is 5.91 Å². The van der Waals surface area contributed by atoms with Gasteiger partial charge in [0.1, 0.15) is 18.9 Å². The number of rotatable bonds is 8. The maximum Gasteiger partial charge on any atom is 0.335 e. The minimum absolute atomic E-state index is 0.203. The Kier molecular flexibility index (Phi) is 7.72. The maximum atomic E-state index is 12.7. The van der Waals surface area contributed by atoms with Crippen LogP contribution in [0.4, 0.5) is 10.5 Å². The van der Waals surface area contributed by atoms with Crippen LogP contribution in [0.5, 0.6) is 5.75 Å². The molecule has 0 saturated carbocycles. The molecule has 36 heavy (non-hydrogen) atoms. The number of imide groups is 1. The zero-order chi connectivity index (χ0) is 25.7. The van der Waals surface area contributed by atoms with E-state index >= 15 is 0 Å². The van der Waals surface area contributed by atoms with Crippen molar-refractivity contribution in [3.05, 3.63) is 99.4 Å². The number of carboxylic acids is 1. The molecule has 0 aromatic heterocycles. The van der Waals surface area contributed by atoms with Crippen LogP contribution in [-0.4, -0.2) is 39.6 Å². The molecule has 10 heteroatoms. The van der Waals surface area contributed by atoms with Gasteiger partial charge in [0, 0.05) is 0 Å². The Balaban J connectivity index is 1.34. The molecule has 3 amide bonds. The first kappa shape index (κ1) is 25.0. The number of thioether (sulfide) groups is 1. The molecule has 8 nitrogen and oxygen atoms in total. The standard InChI is InChI=1S/C26H19ClN2O6S/c27-20-3-1-2-4-21(20)28-23(30)14-29-24(31)22(36-26(29)34)13-16-7-11-19(12-8-16)35-15-17-5-9-18(10-6-17)25(32)33/h1-13H,14-15H2,(H,28,30)(H,32,33)/b22-13+. The second-order valence-electron chi connectivity index (χ2n) is 7.66. The van der Waals surface area contributed by atoms with Crippen LogP contribution in [0, 0.1) is 0 Å². The zero-order valence-corrected chi connectivity index (χ0v) is 20.2. The van der Waals surface area contributed by atoms with Crippen LogP contribution < -0.4 is 10.1 Å². The molecule has 1 aliphatic heterocycles. The Hall–Kier alpha value is -4.08. The highest BCUT2D eigenvalue weighted by molar-refractivity contribution is 8.18. The summed E-state index contributed by atoms with van der Waals surface area (Å²) in [4.78, 5) is 49.4. The number of carbonyl (C=O) groups excluding carboxylic acids is 3. The summed E-state index contributed by atoms with van der Waals surface area (Å²) in [5, 5.41) is 11.4. The van der Waals surface area contributed by atoms with E-state index in [1.54, 1.807) is 66.7 Å². The van der Waals surface area contributed by atoms with Crippen molar-refractivity contribution in [3.63, 3.8) is 0 Å². The normalized spacial score (nSPS) is 14.2. The van der Waals surface area contributed by atoms with E-state index in [-0.39, 0.29) is 17.1 Å². The van der Waals surface area contributed by atoms with Gasteiger partial charge in [0.25, 0.3) is 11.1 Å². The number of carbonyl (C=O) groups is 4. The van der Waals surface area contributed by atoms with Gasteiger partial charge in [-0.2, -0.15) is 0 Å². The van der Waals surface area contributed by atoms with Crippen LogP contribution in [0.3, 0.4) is 0 Å². The van der Waals surface area contributed by atoms with Crippen LogP contribution in [0.15, 0.2) is 77.7 Å². The predicted molar refractivity (Wildman–Crippen MR) is 137 cm³/mol. The lowest BCUT2D eigenvalue weighted by Gasteiger charge is -2.13. The molecule has 182 valence electrons. The molecule has 4 rings (SSSR count). The lowest BCUT2D eigenvalue weighted by atomic mass is 10.1. The number of benzene rings is 3. The van der Waals surface area contributed by atoms with Crippen molar-refractivity contribution < 1.29 is 29.0 Å². The fraction of sp³-hybridized carbons (Fsp3) is 0.0769. The average molecular weight is 523 g/mol. The third-order valence-corrected chi connectivity index (χ3v) is 6.34. The topological polar surface area (TPSA) is 113 Å². The summed E-state index contributed by atoms with van der Waals surface area (Å²) in [6, 6.07) is 20.0. The molecule has 3 aromatic carbocycles. The molecule has 1 aliphatic rings. The first-order chi connectivity index (χ1) is 17.3. The van der Waals surface area contributed by atoms with Gasteiger partial charge < -0.3 is 15.2 Å². The smallest absolute Gasteiger partial charge is 0.335 e. The van der Waals surface area contributed by atoms with E-state index in [1.165, 1.54) is 12.1 Å². The van der Waals surface area contributed by atoms with E-state index in [9.17, 15) is 19.2 Å². The molecular weight excluding hydrogens is 504 g/mol. The van der Waals surface area contributed by atoms with Gasteiger partial charge in [-0.15, -0.1) is 0 Å². The maximum absolute atomic E-state index is 12.7. The molecule has 1 heterocycles. The minimum Gasteiger partial charge on any atom is -0.489 e. The monoisotopic (exact) mass is 522 g/mol. The highest BCUT2D eigenvalue weighted by atomic mass is 35.5. The fourth-order valence-electron chi connectivity index (χ4n) is 3.25. The number of ether oxygens (including phenoxy) is 1. The second-order valence-corrected chi connectivity index (χ2v) is 9.06. The van der Waals surface area contributed by atoms with Crippen molar-refractivity contribution in [2.24, 2.45) is 0 Å². The molecule has 2 N–H and O–H groups in total. The minimum atomic E-state index is -0.990. The number of halogens is 1. The van der Waals surface area contributed by atoms with Gasteiger partial charge in [-0.05, 0) is 65.4 Å². The van der Waals surface area contributed by atoms with Crippen LogP contribution in [0.25, 0.3) is 6.08 Å². The largest absolute Gasteiger partial charge is 0.489 e. The Labute approximate surface area is 215 Å². The fourth-order valence-corrected chi connectivity index (χ4v) is 4.28. The Bertz CT molecular complexity index is 1360. The van der Waals surface area contributed by atoms with E-state index in [4.69, 9.17) is 21.4 Å². The SMILES string of the molecule is O=C(CN1C(=O)S/C(=C/c2ccc(OCc3ccc(C(=O)O)cc3)cc2)C1=O)Nc1ccccc1Cl. The number of para-hydroxylation sites is 1. The van der Waals surface area contributed by atoms with Crippen LogP contribution in [0.1, 0.15) is 21.5 Å². The Morgan fingerprint density at radius 3 is 2.36 bits per heavy atom. The van der Waals surface area contributed by atoms with Gasteiger partial charge in [0.15, 0.2) is 0 Å². The van der Waals surface area contributed by atoms with Crippen molar-refractivity contribution in [2.45, 2.75) is 6.61 Å². The van der Waals surface area contributed by atoms with Crippen molar-refractivity contribution in [1.29, 1.82) is 0 Å². The van der Waals surface area contributed by atoms with E-state index < -0.39 is 29.6 Å². The molecule has 0 aliphatic carbocycles. The number of aromatic carboxylic acids is 1. The summed E-state index contributed by atoms with van der Waals surface area (Å²) in [6.45, 7) is -0.165. The summed E-state index contributed by atoms with van der Waals surface area (Å²) >= 11 is 6.79. The molecule has 0 unspecified atom stereocenters. The molecule has 0 radical (unpaired) electrons. The summed E-state index contributed by atoms with van der Waals surface area (Å²) < 4.78 is 5.72. The average Bonchev–Trinajstić information content (AvgIpc) is 3.12. The third-order valence-electron chi connectivity index (χ3n) is 5.11. The quantitative estimate of drug-likeness (QED) is 0.386. The number of nitrogens with one attached hydrogen (secondary N) is 1. The predicted octanol–water partition coefficient (Wildman–Crippen LogP) is 5.29. The third kappa shape index (κ3) is 6.12. The lowest BCUT2D eigenvalue weighted by molar-refractivity contribution is -0.127. The van der Waals surface area contributed by atoms with Gasteiger partial charge >= 0.3 is 5.97 Å². The van der Waals surface area contributed by atoms with E-state index in [0.717, 1.165) is 22.2 Å². The highest BCUT2D eigenvalue weighted by Crippen LogP contribution is 2.32. The number of hydrogen-bond acceptors (Lipinski definition) is 6. The second kappa shape index (κ2) is 11.1. The number of nitrogens with zero attached hydrogens (tertiary/aromatic N) is 1. The number of hydrogen-bond donors (Lipinski definition) is 2.